The van der Waals surface area contributed by atoms with Crippen LogP contribution < -0.4 is 11.1 Å². The Morgan fingerprint density at radius 2 is 1.79 bits per heavy atom. The second-order valence-corrected chi connectivity index (χ2v) is 4.89. The molecule has 5 nitrogen and oxygen atoms in total. The number of ether oxygens (including phenoxy) is 1. The predicted octanol–water partition coefficient (Wildman–Crippen LogP) is 2.33. The molecule has 0 saturated heterocycles. The van der Waals surface area contributed by atoms with Crippen molar-refractivity contribution in [3.05, 3.63) is 11.3 Å². The van der Waals surface area contributed by atoms with E-state index in [4.69, 9.17) is 15.9 Å². The number of hydrogen-bond acceptors (Lipinski definition) is 4. The van der Waals surface area contributed by atoms with Gasteiger partial charge in [-0.05, 0) is 27.7 Å². The Labute approximate surface area is 109 Å². The van der Waals surface area contributed by atoms with Crippen LogP contribution in [0, 0.1) is 5.41 Å². The van der Waals surface area contributed by atoms with Gasteiger partial charge >= 0.3 is 12.3 Å². The minimum Gasteiger partial charge on any atom is -0.444 e. The van der Waals surface area contributed by atoms with Gasteiger partial charge in [0.25, 0.3) is 0 Å². The van der Waals surface area contributed by atoms with Crippen LogP contribution in [0.3, 0.4) is 0 Å². The van der Waals surface area contributed by atoms with E-state index < -0.39 is 35.7 Å². The standard InChI is InChI=1S/C11H18F3N3O2/c1-6(15)7(8(16)11(12,13)14)5-17-9(18)19-10(2,3)4/h16H,5,15H2,1-4H3,(H,17,18)/b7-6-,16-8?. The molecule has 0 aromatic rings. The summed E-state index contributed by atoms with van der Waals surface area (Å²) in [5.41, 5.74) is 2.28. The van der Waals surface area contributed by atoms with Crippen molar-refractivity contribution >= 4 is 11.8 Å². The number of alkyl halides is 3. The highest BCUT2D eigenvalue weighted by Gasteiger charge is 2.37. The fourth-order valence-electron chi connectivity index (χ4n) is 1.07. The van der Waals surface area contributed by atoms with E-state index in [1.807, 2.05) is 0 Å². The van der Waals surface area contributed by atoms with E-state index in [0.29, 0.717) is 0 Å². The molecule has 8 heteroatoms. The van der Waals surface area contributed by atoms with Gasteiger partial charge in [-0.3, -0.25) is 5.41 Å². The molecule has 0 saturated carbocycles. The van der Waals surface area contributed by atoms with Gasteiger partial charge in [-0.1, -0.05) is 0 Å². The lowest BCUT2D eigenvalue weighted by Gasteiger charge is -2.20. The Balaban J connectivity index is 4.72. The van der Waals surface area contributed by atoms with Crippen LogP contribution in [0.4, 0.5) is 18.0 Å². The topological polar surface area (TPSA) is 88.2 Å². The Morgan fingerprint density at radius 3 is 2.11 bits per heavy atom. The van der Waals surface area contributed by atoms with Crippen molar-refractivity contribution < 1.29 is 22.7 Å². The van der Waals surface area contributed by atoms with Crippen molar-refractivity contribution in [2.45, 2.75) is 39.5 Å². The average Bonchev–Trinajstić information content (AvgIpc) is 2.12. The molecular formula is C11H18F3N3O2. The zero-order valence-corrected chi connectivity index (χ0v) is 11.2. The van der Waals surface area contributed by atoms with Crippen LogP contribution in [0.15, 0.2) is 11.3 Å². The molecule has 0 spiro atoms. The predicted molar refractivity (Wildman–Crippen MR) is 64.9 cm³/mol. The molecular weight excluding hydrogens is 263 g/mol. The number of hydrogen-bond donors (Lipinski definition) is 3. The molecule has 0 aromatic carbocycles. The molecule has 0 atom stereocenters. The fourth-order valence-corrected chi connectivity index (χ4v) is 1.07. The van der Waals surface area contributed by atoms with Crippen LogP contribution in [0.25, 0.3) is 0 Å². The highest BCUT2D eigenvalue weighted by molar-refractivity contribution is 6.03. The number of allylic oxidation sites excluding steroid dienone is 1. The summed E-state index contributed by atoms with van der Waals surface area (Å²) in [5.74, 6) is 0. The molecule has 0 fully saturated rings. The number of amides is 1. The zero-order valence-electron chi connectivity index (χ0n) is 11.2. The molecule has 19 heavy (non-hydrogen) atoms. The van der Waals surface area contributed by atoms with Crippen molar-refractivity contribution in [3.63, 3.8) is 0 Å². The number of alkyl carbamates (subject to hydrolysis) is 1. The lowest BCUT2D eigenvalue weighted by molar-refractivity contribution is -0.0591. The number of nitrogens with one attached hydrogen (secondary N) is 2. The fraction of sp³-hybridized carbons (Fsp3) is 0.636. The van der Waals surface area contributed by atoms with Gasteiger partial charge in [0.1, 0.15) is 11.3 Å². The maximum absolute atomic E-state index is 12.4. The summed E-state index contributed by atoms with van der Waals surface area (Å²) in [6.45, 7) is 5.57. The van der Waals surface area contributed by atoms with Gasteiger partial charge in [-0.2, -0.15) is 13.2 Å². The summed E-state index contributed by atoms with van der Waals surface area (Å²) in [7, 11) is 0. The second kappa shape index (κ2) is 5.94. The van der Waals surface area contributed by atoms with E-state index in [2.05, 4.69) is 5.32 Å². The highest BCUT2D eigenvalue weighted by atomic mass is 19.4. The summed E-state index contributed by atoms with van der Waals surface area (Å²) in [6.07, 6.45) is -5.69. The lowest BCUT2D eigenvalue weighted by atomic mass is 10.1. The van der Waals surface area contributed by atoms with E-state index in [-0.39, 0.29) is 5.70 Å². The summed E-state index contributed by atoms with van der Waals surface area (Å²) in [6, 6.07) is 0. The summed E-state index contributed by atoms with van der Waals surface area (Å²) < 4.78 is 42.1. The van der Waals surface area contributed by atoms with Crippen molar-refractivity contribution in [1.82, 2.24) is 5.32 Å². The third-order valence-electron chi connectivity index (χ3n) is 1.87. The maximum atomic E-state index is 12.4. The summed E-state index contributed by atoms with van der Waals surface area (Å²) in [4.78, 5) is 11.3. The number of halogens is 3. The summed E-state index contributed by atoms with van der Waals surface area (Å²) >= 11 is 0. The van der Waals surface area contributed by atoms with Crippen LogP contribution in [-0.2, 0) is 4.74 Å². The molecule has 4 N–H and O–H groups in total. The van der Waals surface area contributed by atoms with Gasteiger partial charge in [0.2, 0.25) is 0 Å². The smallest absolute Gasteiger partial charge is 0.433 e. The first-order valence-electron chi connectivity index (χ1n) is 5.43. The quantitative estimate of drug-likeness (QED) is 0.694. The Bertz CT molecular complexity index is 391. The van der Waals surface area contributed by atoms with E-state index in [9.17, 15) is 18.0 Å². The molecule has 110 valence electrons. The Hall–Kier alpha value is -1.73. The van der Waals surface area contributed by atoms with Crippen molar-refractivity contribution in [2.24, 2.45) is 5.73 Å². The second-order valence-electron chi connectivity index (χ2n) is 4.89. The molecule has 0 aliphatic carbocycles. The van der Waals surface area contributed by atoms with Crippen LogP contribution in [0.1, 0.15) is 27.7 Å². The molecule has 0 radical (unpaired) electrons. The average molecular weight is 281 g/mol. The molecule has 0 bridgehead atoms. The number of nitrogens with two attached hydrogens (primary N) is 1. The van der Waals surface area contributed by atoms with Gasteiger partial charge in [0.15, 0.2) is 0 Å². The molecule has 0 aliphatic rings. The van der Waals surface area contributed by atoms with E-state index in [1.165, 1.54) is 6.92 Å². The van der Waals surface area contributed by atoms with Gasteiger partial charge in [0, 0.05) is 17.8 Å². The number of carbonyl (C=O) groups excluding carboxylic acids is 1. The van der Waals surface area contributed by atoms with E-state index >= 15 is 0 Å². The first-order chi connectivity index (χ1) is 8.34. The number of carbonyl (C=O) groups is 1. The molecule has 0 heterocycles. The normalized spacial score (nSPS) is 13.6. The molecule has 0 rings (SSSR count). The first-order valence-corrected chi connectivity index (χ1v) is 5.43. The van der Waals surface area contributed by atoms with Crippen molar-refractivity contribution in [1.29, 1.82) is 5.41 Å². The van der Waals surface area contributed by atoms with Crippen LogP contribution >= 0.6 is 0 Å². The maximum Gasteiger partial charge on any atom is 0.433 e. The lowest BCUT2D eigenvalue weighted by Crippen LogP contribution is -2.37. The minimum absolute atomic E-state index is 0.182. The Morgan fingerprint density at radius 1 is 1.32 bits per heavy atom. The molecule has 1 amide bonds. The zero-order chi connectivity index (χ0) is 15.4. The molecule has 0 unspecified atom stereocenters. The highest BCUT2D eigenvalue weighted by Crippen LogP contribution is 2.21. The Kier molecular flexibility index (Phi) is 5.40. The van der Waals surface area contributed by atoms with Gasteiger partial charge < -0.3 is 15.8 Å². The van der Waals surface area contributed by atoms with Gasteiger partial charge in [-0.15, -0.1) is 0 Å². The van der Waals surface area contributed by atoms with Crippen LogP contribution in [0.5, 0.6) is 0 Å². The third-order valence-corrected chi connectivity index (χ3v) is 1.87. The first kappa shape index (κ1) is 17.3. The monoisotopic (exact) mass is 281 g/mol. The van der Waals surface area contributed by atoms with Crippen molar-refractivity contribution in [3.8, 4) is 0 Å². The number of rotatable bonds is 3. The van der Waals surface area contributed by atoms with Crippen LogP contribution in [-0.4, -0.2) is 30.1 Å². The largest absolute Gasteiger partial charge is 0.444 e. The van der Waals surface area contributed by atoms with Crippen molar-refractivity contribution in [2.75, 3.05) is 6.54 Å². The molecule has 0 aliphatic heterocycles. The van der Waals surface area contributed by atoms with Gasteiger partial charge in [0.05, 0.1) is 0 Å². The summed E-state index contributed by atoms with van der Waals surface area (Å²) in [5, 5.41) is 9.13. The van der Waals surface area contributed by atoms with E-state index in [1.54, 1.807) is 20.8 Å². The third kappa shape index (κ3) is 6.68. The SMILES string of the molecule is C/C(N)=C(\CNC(=O)OC(C)(C)C)C(=N)C(F)(F)F. The van der Waals surface area contributed by atoms with Crippen LogP contribution in [0.2, 0.25) is 0 Å². The van der Waals surface area contributed by atoms with Gasteiger partial charge in [-0.25, -0.2) is 4.79 Å². The minimum atomic E-state index is -4.81. The molecule has 0 aromatic heterocycles. The van der Waals surface area contributed by atoms with E-state index in [0.717, 1.165) is 0 Å².